The summed E-state index contributed by atoms with van der Waals surface area (Å²) in [6.07, 6.45) is 0.126. The van der Waals surface area contributed by atoms with Crippen LogP contribution >= 0.6 is 11.6 Å². The van der Waals surface area contributed by atoms with Crippen molar-refractivity contribution in [2.24, 2.45) is 0 Å². The Hall–Kier alpha value is -4.34. The molecule has 0 amide bonds. The fourth-order valence-corrected chi connectivity index (χ4v) is 3.59. The minimum Gasteiger partial charge on any atom is -0.480 e. The van der Waals surface area contributed by atoms with E-state index < -0.39 is 18.0 Å². The van der Waals surface area contributed by atoms with E-state index in [-0.39, 0.29) is 17.8 Å². The lowest BCUT2D eigenvalue weighted by Crippen LogP contribution is -2.32. The maximum atomic E-state index is 11.9. The summed E-state index contributed by atoms with van der Waals surface area (Å²) in [5.41, 5.74) is 2.83. The molecule has 3 N–H and O–H groups in total. The van der Waals surface area contributed by atoms with Gasteiger partial charge >= 0.3 is 11.9 Å². The molecule has 4 rings (SSSR count). The highest BCUT2D eigenvalue weighted by molar-refractivity contribution is 6.31. The van der Waals surface area contributed by atoms with Gasteiger partial charge in [-0.15, -0.1) is 0 Å². The number of hydrogen-bond acceptors (Lipinski definition) is 4. The van der Waals surface area contributed by atoms with Crippen LogP contribution < -0.4 is 5.32 Å². The van der Waals surface area contributed by atoms with E-state index in [2.05, 4.69) is 22.1 Å². The average Bonchev–Trinajstić information content (AvgIpc) is 2.83. The van der Waals surface area contributed by atoms with Crippen molar-refractivity contribution in [2.45, 2.75) is 12.5 Å². The van der Waals surface area contributed by atoms with Crippen LogP contribution in [0.4, 0.5) is 5.82 Å². The number of carboxylic acids is 2. The normalized spacial score (nSPS) is 11.3. The number of pyridine rings is 1. The molecule has 168 valence electrons. The number of aromatic carboxylic acids is 1. The molecule has 0 bridgehead atoms. The molecule has 6 nitrogen and oxygen atoms in total. The first kappa shape index (κ1) is 22.8. The topological polar surface area (TPSA) is 99.5 Å². The van der Waals surface area contributed by atoms with Gasteiger partial charge in [0.1, 0.15) is 17.4 Å². The second-order valence-corrected chi connectivity index (χ2v) is 8.02. The Morgan fingerprint density at radius 3 is 2.24 bits per heavy atom. The summed E-state index contributed by atoms with van der Waals surface area (Å²) in [5, 5.41) is 23.2. The van der Waals surface area contributed by atoms with Crippen LogP contribution in [0.25, 0.3) is 10.9 Å². The number of anilines is 1. The number of carbonyl (C=O) groups is 2. The van der Waals surface area contributed by atoms with Gasteiger partial charge in [0.25, 0.3) is 0 Å². The number of nitrogens with zero attached hydrogens (tertiary/aromatic N) is 1. The SMILES string of the molecule is O=C(O)c1cc2cc(Cl)ccc2nc1NC(Cc1ccc(C#Cc2ccccc2)cc1)C(=O)O. The monoisotopic (exact) mass is 470 g/mol. The smallest absolute Gasteiger partial charge is 0.339 e. The number of aromatic nitrogens is 1. The van der Waals surface area contributed by atoms with Gasteiger partial charge in [-0.25, -0.2) is 14.6 Å². The van der Waals surface area contributed by atoms with Crippen molar-refractivity contribution in [3.05, 3.63) is 106 Å². The Bertz CT molecular complexity index is 1420. The van der Waals surface area contributed by atoms with E-state index >= 15 is 0 Å². The molecule has 1 heterocycles. The molecule has 4 aromatic rings. The van der Waals surface area contributed by atoms with Crippen LogP contribution in [0.1, 0.15) is 27.0 Å². The molecule has 0 saturated carbocycles. The number of aliphatic carboxylic acids is 1. The minimum absolute atomic E-state index is 0.0138. The lowest BCUT2D eigenvalue weighted by molar-refractivity contribution is -0.137. The molecule has 0 saturated heterocycles. The predicted molar refractivity (Wildman–Crippen MR) is 131 cm³/mol. The number of fused-ring (bicyclic) bond motifs is 1. The standard InChI is InChI=1S/C27H19ClN2O4/c28-21-12-13-23-20(15-21)16-22(26(31)32)25(29-23)30-24(27(33)34)14-19-10-8-18(9-11-19)7-6-17-4-2-1-3-5-17/h1-5,8-13,15-16,24H,14H2,(H,29,30)(H,31,32)(H,33,34). The maximum Gasteiger partial charge on any atom is 0.339 e. The zero-order valence-corrected chi connectivity index (χ0v) is 18.6. The molecule has 1 unspecified atom stereocenters. The van der Waals surface area contributed by atoms with Gasteiger partial charge in [0.05, 0.1) is 5.52 Å². The lowest BCUT2D eigenvalue weighted by atomic mass is 10.0. The third-order valence-electron chi connectivity index (χ3n) is 5.13. The summed E-state index contributed by atoms with van der Waals surface area (Å²) in [7, 11) is 0. The molecule has 0 radical (unpaired) electrons. The van der Waals surface area contributed by atoms with Crippen molar-refractivity contribution in [3.63, 3.8) is 0 Å². The van der Waals surface area contributed by atoms with Crippen LogP contribution in [0, 0.1) is 11.8 Å². The van der Waals surface area contributed by atoms with Crippen LogP contribution in [0.5, 0.6) is 0 Å². The Morgan fingerprint density at radius 2 is 1.59 bits per heavy atom. The van der Waals surface area contributed by atoms with E-state index in [1.165, 1.54) is 6.07 Å². The van der Waals surface area contributed by atoms with Crippen molar-refractivity contribution < 1.29 is 19.8 Å². The molecule has 3 aromatic carbocycles. The third kappa shape index (κ3) is 5.52. The summed E-state index contributed by atoms with van der Waals surface area (Å²) in [6.45, 7) is 0. The number of benzene rings is 3. The molecule has 0 fully saturated rings. The van der Waals surface area contributed by atoms with Crippen LogP contribution in [-0.4, -0.2) is 33.2 Å². The number of hydrogen-bond donors (Lipinski definition) is 3. The van der Waals surface area contributed by atoms with Crippen molar-refractivity contribution in [1.29, 1.82) is 0 Å². The first-order chi connectivity index (χ1) is 16.4. The molecular weight excluding hydrogens is 452 g/mol. The van der Waals surface area contributed by atoms with Crippen LogP contribution in [0.3, 0.4) is 0 Å². The van der Waals surface area contributed by atoms with Gasteiger partial charge in [-0.1, -0.05) is 53.8 Å². The van der Waals surface area contributed by atoms with Crippen molar-refractivity contribution in [2.75, 3.05) is 5.32 Å². The van der Waals surface area contributed by atoms with Crippen molar-refractivity contribution in [1.82, 2.24) is 4.98 Å². The minimum atomic E-state index is -1.22. The molecular formula is C27H19ClN2O4. The molecule has 7 heteroatoms. The van der Waals surface area contributed by atoms with E-state index in [1.54, 1.807) is 30.3 Å². The van der Waals surface area contributed by atoms with Crippen molar-refractivity contribution in [3.8, 4) is 11.8 Å². The summed E-state index contributed by atoms with van der Waals surface area (Å²) in [5.74, 6) is 3.80. The number of halogens is 1. The van der Waals surface area contributed by atoms with E-state index in [4.69, 9.17) is 11.6 Å². The van der Waals surface area contributed by atoms with E-state index in [9.17, 15) is 19.8 Å². The van der Waals surface area contributed by atoms with Crippen molar-refractivity contribution >= 4 is 40.3 Å². The zero-order valence-electron chi connectivity index (χ0n) is 17.8. The highest BCUT2D eigenvalue weighted by Gasteiger charge is 2.22. The first-order valence-corrected chi connectivity index (χ1v) is 10.8. The fourth-order valence-electron chi connectivity index (χ4n) is 3.41. The Labute approximate surface area is 200 Å². The van der Waals surface area contributed by atoms with Crippen LogP contribution in [0.15, 0.2) is 78.9 Å². The van der Waals surface area contributed by atoms with E-state index in [0.717, 1.165) is 16.7 Å². The maximum absolute atomic E-state index is 11.9. The molecule has 0 spiro atoms. The number of carboxylic acid groups (broad SMARTS) is 2. The fraction of sp³-hybridized carbons (Fsp3) is 0.0741. The third-order valence-corrected chi connectivity index (χ3v) is 5.37. The largest absolute Gasteiger partial charge is 0.480 e. The van der Waals surface area contributed by atoms with Gasteiger partial charge in [0, 0.05) is 28.0 Å². The lowest BCUT2D eigenvalue weighted by Gasteiger charge is -2.17. The van der Waals surface area contributed by atoms with Crippen LogP contribution in [-0.2, 0) is 11.2 Å². The second-order valence-electron chi connectivity index (χ2n) is 7.58. The highest BCUT2D eigenvalue weighted by atomic mass is 35.5. The Kier molecular flexibility index (Phi) is 6.77. The number of rotatable bonds is 6. The number of nitrogens with one attached hydrogen (secondary N) is 1. The molecule has 0 aliphatic carbocycles. The van der Waals surface area contributed by atoms with Gasteiger partial charge in [-0.05, 0) is 54.1 Å². The Morgan fingerprint density at radius 1 is 0.912 bits per heavy atom. The summed E-state index contributed by atoms with van der Waals surface area (Å²) in [4.78, 5) is 28.1. The quantitative estimate of drug-likeness (QED) is 0.339. The summed E-state index contributed by atoms with van der Waals surface area (Å²) >= 11 is 5.99. The molecule has 0 aliphatic rings. The van der Waals surface area contributed by atoms with Gasteiger partial charge in [-0.2, -0.15) is 0 Å². The van der Waals surface area contributed by atoms with Crippen LogP contribution in [0.2, 0.25) is 5.02 Å². The van der Waals surface area contributed by atoms with Gasteiger partial charge in [0.15, 0.2) is 0 Å². The zero-order chi connectivity index (χ0) is 24.1. The first-order valence-electron chi connectivity index (χ1n) is 10.4. The molecule has 1 aromatic heterocycles. The van der Waals surface area contributed by atoms with E-state index in [1.807, 2.05) is 42.5 Å². The summed E-state index contributed by atoms with van der Waals surface area (Å²) < 4.78 is 0. The molecule has 34 heavy (non-hydrogen) atoms. The highest BCUT2D eigenvalue weighted by Crippen LogP contribution is 2.24. The predicted octanol–water partition coefficient (Wildman–Crippen LogP) is 5.09. The molecule has 0 aliphatic heterocycles. The average molecular weight is 471 g/mol. The van der Waals surface area contributed by atoms with Gasteiger partial charge < -0.3 is 15.5 Å². The Balaban J connectivity index is 1.55. The van der Waals surface area contributed by atoms with Gasteiger partial charge in [0.2, 0.25) is 0 Å². The molecule has 1 atom stereocenters. The summed E-state index contributed by atoms with van der Waals surface area (Å²) in [6, 6.07) is 22.1. The second kappa shape index (κ2) is 10.1. The van der Waals surface area contributed by atoms with E-state index in [0.29, 0.717) is 15.9 Å². The van der Waals surface area contributed by atoms with Gasteiger partial charge in [-0.3, -0.25) is 0 Å².